The normalized spacial score (nSPS) is 13.9. The van der Waals surface area contributed by atoms with Crippen LogP contribution in [0.2, 0.25) is 0 Å². The molecule has 0 atom stereocenters. The van der Waals surface area contributed by atoms with Crippen LogP contribution in [0.4, 0.5) is 5.69 Å². The van der Waals surface area contributed by atoms with E-state index in [1.54, 1.807) is 36.4 Å². The predicted molar refractivity (Wildman–Crippen MR) is 146 cm³/mol. The Morgan fingerprint density at radius 1 is 1.03 bits per heavy atom. The number of sulfonamides is 1. The summed E-state index contributed by atoms with van der Waals surface area (Å²) in [5.74, 6) is 2.26. The maximum Gasteiger partial charge on any atom is 0.264 e. The number of aryl methyl sites for hydroxylation is 3. The highest BCUT2D eigenvalue weighted by Crippen LogP contribution is 2.26. The topological polar surface area (TPSA) is 88.1 Å². The maximum absolute atomic E-state index is 13.5. The van der Waals surface area contributed by atoms with E-state index in [9.17, 15) is 13.2 Å². The second-order valence-electron chi connectivity index (χ2n) is 8.73. The van der Waals surface area contributed by atoms with E-state index in [-0.39, 0.29) is 11.0 Å². The van der Waals surface area contributed by atoms with Gasteiger partial charge in [-0.15, -0.1) is 0 Å². The van der Waals surface area contributed by atoms with Crippen molar-refractivity contribution in [2.45, 2.75) is 31.8 Å². The summed E-state index contributed by atoms with van der Waals surface area (Å²) in [6.07, 6.45) is 1.78. The lowest BCUT2D eigenvalue weighted by Gasteiger charge is -2.25. The molecule has 0 aliphatic carbocycles. The lowest BCUT2D eigenvalue weighted by atomic mass is 10.1. The minimum absolute atomic E-state index is 0.116. The summed E-state index contributed by atoms with van der Waals surface area (Å²) in [5, 5.41) is 4.01. The van der Waals surface area contributed by atoms with E-state index < -0.39 is 22.5 Å². The van der Waals surface area contributed by atoms with E-state index in [0.29, 0.717) is 5.69 Å². The van der Waals surface area contributed by atoms with Crippen molar-refractivity contribution in [2.75, 3.05) is 22.4 Å². The molecule has 1 fully saturated rings. The third-order valence-corrected chi connectivity index (χ3v) is 8.87. The Bertz CT molecular complexity index is 1350. The van der Waals surface area contributed by atoms with Gasteiger partial charge in [-0.3, -0.25) is 9.10 Å². The van der Waals surface area contributed by atoms with E-state index in [0.717, 1.165) is 43.8 Å². The number of thioether (sulfide) groups is 1. The van der Waals surface area contributed by atoms with Crippen LogP contribution in [0.1, 0.15) is 22.3 Å². The number of amides is 1. The Morgan fingerprint density at radius 2 is 1.72 bits per heavy atom. The number of nitrogens with zero attached hydrogens (tertiary/aromatic N) is 2. The van der Waals surface area contributed by atoms with Crippen LogP contribution in [0.5, 0.6) is 5.75 Å². The number of rotatable bonds is 9. The SMILES string of the molecule is Cc1ccc(S(=O)(=O)N(CC(=O)N/N=C\c2ccc(OC3CSC3)cc2)c2ccc(C)c(C)c2)cc1. The van der Waals surface area contributed by atoms with Crippen LogP contribution in [-0.4, -0.2) is 44.7 Å². The van der Waals surface area contributed by atoms with Crippen molar-refractivity contribution in [1.82, 2.24) is 5.43 Å². The lowest BCUT2D eigenvalue weighted by molar-refractivity contribution is -0.119. The first-order valence-electron chi connectivity index (χ1n) is 11.6. The Balaban J connectivity index is 1.47. The molecule has 1 aliphatic rings. The second-order valence-corrected chi connectivity index (χ2v) is 11.7. The van der Waals surface area contributed by atoms with Crippen molar-refractivity contribution in [3.63, 3.8) is 0 Å². The zero-order chi connectivity index (χ0) is 25.7. The number of carbonyl (C=O) groups excluding carboxylic acids is 1. The monoisotopic (exact) mass is 523 g/mol. The van der Waals surface area contributed by atoms with Gasteiger partial charge < -0.3 is 4.74 Å². The molecule has 1 heterocycles. The third-order valence-electron chi connectivity index (χ3n) is 5.87. The van der Waals surface area contributed by atoms with Gasteiger partial charge in [-0.25, -0.2) is 13.8 Å². The Kier molecular flexibility index (Phi) is 8.01. The van der Waals surface area contributed by atoms with Crippen LogP contribution in [0.3, 0.4) is 0 Å². The predicted octanol–water partition coefficient (Wildman–Crippen LogP) is 4.45. The first kappa shape index (κ1) is 25.8. The fourth-order valence-corrected chi connectivity index (χ4v) is 5.46. The first-order chi connectivity index (χ1) is 17.2. The summed E-state index contributed by atoms with van der Waals surface area (Å²) >= 11 is 1.86. The molecule has 0 unspecified atom stereocenters. The lowest BCUT2D eigenvalue weighted by Crippen LogP contribution is -2.39. The summed E-state index contributed by atoms with van der Waals surface area (Å²) in [7, 11) is -3.98. The van der Waals surface area contributed by atoms with E-state index in [1.807, 2.05) is 62.9 Å². The molecule has 0 spiro atoms. The number of ether oxygens (including phenoxy) is 1. The Labute approximate surface area is 216 Å². The molecule has 0 saturated carbocycles. The van der Waals surface area contributed by atoms with Crippen molar-refractivity contribution in [3.8, 4) is 5.75 Å². The molecule has 188 valence electrons. The number of benzene rings is 3. The highest BCUT2D eigenvalue weighted by atomic mass is 32.2. The van der Waals surface area contributed by atoms with Crippen molar-refractivity contribution < 1.29 is 17.9 Å². The summed E-state index contributed by atoms with van der Waals surface area (Å²) in [6.45, 7) is 5.32. The van der Waals surface area contributed by atoms with E-state index in [4.69, 9.17) is 4.74 Å². The number of hydrazone groups is 1. The van der Waals surface area contributed by atoms with Crippen LogP contribution in [0.25, 0.3) is 0 Å². The van der Waals surface area contributed by atoms with Gasteiger partial charge in [0.25, 0.3) is 15.9 Å². The molecular formula is C27H29N3O4S2. The van der Waals surface area contributed by atoms with Crippen LogP contribution in [-0.2, 0) is 14.8 Å². The van der Waals surface area contributed by atoms with E-state index in [2.05, 4.69) is 10.5 Å². The van der Waals surface area contributed by atoms with Gasteiger partial charge in [-0.2, -0.15) is 16.9 Å². The molecule has 9 heteroatoms. The minimum atomic E-state index is -3.98. The molecule has 1 saturated heterocycles. The highest BCUT2D eigenvalue weighted by Gasteiger charge is 2.27. The fourth-order valence-electron chi connectivity index (χ4n) is 3.48. The van der Waals surface area contributed by atoms with Gasteiger partial charge in [0.15, 0.2) is 0 Å². The molecule has 0 aromatic heterocycles. The van der Waals surface area contributed by atoms with Gasteiger partial charge >= 0.3 is 0 Å². The number of anilines is 1. The third kappa shape index (κ3) is 6.27. The minimum Gasteiger partial charge on any atom is -0.489 e. The van der Waals surface area contributed by atoms with Crippen molar-refractivity contribution in [3.05, 3.63) is 89.0 Å². The molecule has 7 nitrogen and oxygen atoms in total. The molecule has 3 aromatic rings. The Morgan fingerprint density at radius 3 is 2.33 bits per heavy atom. The van der Waals surface area contributed by atoms with Crippen LogP contribution < -0.4 is 14.5 Å². The summed E-state index contributed by atoms with van der Waals surface area (Å²) in [4.78, 5) is 12.9. The molecule has 1 amide bonds. The standard InChI is InChI=1S/C27H29N3O4S2/c1-19-4-12-26(13-5-19)36(32,33)30(23-9-6-20(2)21(3)14-23)16-27(31)29-28-15-22-7-10-24(11-8-22)34-25-17-35-18-25/h4-15,25H,16-18H2,1-3H3,(H,29,31)/b28-15-. The average Bonchev–Trinajstić information content (AvgIpc) is 2.83. The first-order valence-corrected chi connectivity index (χ1v) is 14.1. The number of hydrogen-bond donors (Lipinski definition) is 1. The number of hydrogen-bond acceptors (Lipinski definition) is 6. The Hall–Kier alpha value is -3.30. The van der Waals surface area contributed by atoms with Gasteiger partial charge in [0.1, 0.15) is 18.4 Å². The van der Waals surface area contributed by atoms with Gasteiger partial charge in [0.2, 0.25) is 0 Å². The largest absolute Gasteiger partial charge is 0.489 e. The molecule has 36 heavy (non-hydrogen) atoms. The molecule has 3 aromatic carbocycles. The van der Waals surface area contributed by atoms with Gasteiger partial charge in [0, 0.05) is 11.5 Å². The molecule has 1 N–H and O–H groups in total. The average molecular weight is 524 g/mol. The van der Waals surface area contributed by atoms with Gasteiger partial charge in [-0.05, 0) is 86.0 Å². The highest BCUT2D eigenvalue weighted by molar-refractivity contribution is 8.00. The molecule has 1 aliphatic heterocycles. The van der Waals surface area contributed by atoms with Gasteiger partial charge in [0.05, 0.1) is 16.8 Å². The van der Waals surface area contributed by atoms with Crippen LogP contribution in [0, 0.1) is 20.8 Å². The second kappa shape index (κ2) is 11.2. The van der Waals surface area contributed by atoms with Gasteiger partial charge in [-0.1, -0.05) is 23.8 Å². The smallest absolute Gasteiger partial charge is 0.264 e. The van der Waals surface area contributed by atoms with Crippen molar-refractivity contribution in [1.29, 1.82) is 0 Å². The maximum atomic E-state index is 13.5. The summed E-state index contributed by atoms with van der Waals surface area (Å²) < 4.78 is 33.9. The number of nitrogens with one attached hydrogen (secondary N) is 1. The summed E-state index contributed by atoms with van der Waals surface area (Å²) in [5.41, 5.74) is 6.55. The molecule has 0 bridgehead atoms. The fraction of sp³-hybridized carbons (Fsp3) is 0.259. The van der Waals surface area contributed by atoms with Crippen molar-refractivity contribution >= 4 is 39.6 Å². The van der Waals surface area contributed by atoms with E-state index in [1.165, 1.54) is 6.21 Å². The number of carbonyl (C=O) groups is 1. The molecular weight excluding hydrogens is 494 g/mol. The van der Waals surface area contributed by atoms with Crippen LogP contribution >= 0.6 is 11.8 Å². The molecule has 4 rings (SSSR count). The van der Waals surface area contributed by atoms with E-state index >= 15 is 0 Å². The zero-order valence-electron chi connectivity index (χ0n) is 20.5. The molecule has 0 radical (unpaired) electrons. The quantitative estimate of drug-likeness (QED) is 0.331. The summed E-state index contributed by atoms with van der Waals surface area (Å²) in [6, 6.07) is 19.3. The van der Waals surface area contributed by atoms with Crippen molar-refractivity contribution in [2.24, 2.45) is 5.10 Å². The van der Waals surface area contributed by atoms with Crippen LogP contribution in [0.15, 0.2) is 76.7 Å². The zero-order valence-corrected chi connectivity index (χ0v) is 22.1.